The number of hydrogen-bond donors (Lipinski definition) is 2. The third-order valence-corrected chi connectivity index (χ3v) is 5.05. The van der Waals surface area contributed by atoms with Crippen molar-refractivity contribution in [3.05, 3.63) is 56.7 Å². The highest BCUT2D eigenvalue weighted by atomic mass is 32.1. The van der Waals surface area contributed by atoms with Gasteiger partial charge >= 0.3 is 0 Å². The van der Waals surface area contributed by atoms with Crippen LogP contribution in [0.1, 0.15) is 31.4 Å². The lowest BCUT2D eigenvalue weighted by Crippen LogP contribution is -2.25. The highest BCUT2D eigenvalue weighted by Gasteiger charge is 2.14. The van der Waals surface area contributed by atoms with E-state index in [1.165, 1.54) is 17.4 Å². The van der Waals surface area contributed by atoms with Crippen molar-refractivity contribution in [1.82, 2.24) is 10.3 Å². The summed E-state index contributed by atoms with van der Waals surface area (Å²) in [5, 5.41) is 3.87. The topological polar surface area (TPSA) is 44.9 Å². The summed E-state index contributed by atoms with van der Waals surface area (Å²) >= 11 is 1.49. The number of rotatable bonds is 4. The fourth-order valence-corrected chi connectivity index (χ4v) is 3.68. The predicted octanol–water partition coefficient (Wildman–Crippen LogP) is 4.27. The standard InChI is InChI=1S/C18H19FN2OS/c1-10-4-6-14(19)17-16(10)13(12(3)21-17)8-9-20-18(22)15-7-5-11(2)23-15/h4-7,21H,8-9H2,1-3H3,(H,20,22). The van der Waals surface area contributed by atoms with Crippen LogP contribution < -0.4 is 5.32 Å². The third-order valence-electron chi connectivity index (χ3n) is 4.05. The summed E-state index contributed by atoms with van der Waals surface area (Å²) in [6, 6.07) is 7.06. The number of benzene rings is 1. The number of carbonyl (C=O) groups is 1. The largest absolute Gasteiger partial charge is 0.356 e. The lowest BCUT2D eigenvalue weighted by Gasteiger charge is -2.06. The number of aryl methyl sites for hydroxylation is 3. The zero-order chi connectivity index (χ0) is 16.6. The van der Waals surface area contributed by atoms with Gasteiger partial charge in [0.15, 0.2) is 0 Å². The van der Waals surface area contributed by atoms with Crippen molar-refractivity contribution in [3.63, 3.8) is 0 Å². The van der Waals surface area contributed by atoms with E-state index < -0.39 is 0 Å². The maximum absolute atomic E-state index is 13.9. The van der Waals surface area contributed by atoms with Gasteiger partial charge in [-0.1, -0.05) is 6.07 Å². The SMILES string of the molecule is Cc1ccc(C(=O)NCCc2c(C)[nH]c3c(F)ccc(C)c23)s1. The summed E-state index contributed by atoms with van der Waals surface area (Å²) in [4.78, 5) is 17.1. The molecule has 0 radical (unpaired) electrons. The van der Waals surface area contributed by atoms with E-state index in [1.54, 1.807) is 6.07 Å². The molecule has 2 aromatic heterocycles. The van der Waals surface area contributed by atoms with Crippen molar-refractivity contribution in [1.29, 1.82) is 0 Å². The third kappa shape index (κ3) is 3.01. The molecule has 3 nitrogen and oxygen atoms in total. The molecule has 0 unspecified atom stereocenters. The van der Waals surface area contributed by atoms with Crippen molar-refractivity contribution in [2.24, 2.45) is 0 Å². The number of fused-ring (bicyclic) bond motifs is 1. The van der Waals surface area contributed by atoms with E-state index in [-0.39, 0.29) is 11.7 Å². The summed E-state index contributed by atoms with van der Waals surface area (Å²) in [6.45, 7) is 6.43. The Hall–Kier alpha value is -2.14. The van der Waals surface area contributed by atoms with Crippen molar-refractivity contribution >= 4 is 28.1 Å². The second-order valence-corrected chi connectivity index (χ2v) is 7.05. The van der Waals surface area contributed by atoms with Gasteiger partial charge in [0.05, 0.1) is 10.4 Å². The molecule has 0 aliphatic rings. The minimum atomic E-state index is -0.238. The van der Waals surface area contributed by atoms with Crippen LogP contribution in [0.3, 0.4) is 0 Å². The monoisotopic (exact) mass is 330 g/mol. The highest BCUT2D eigenvalue weighted by molar-refractivity contribution is 7.13. The number of aromatic nitrogens is 1. The number of thiophene rings is 1. The second kappa shape index (κ2) is 6.16. The predicted molar refractivity (Wildman–Crippen MR) is 92.8 cm³/mol. The Bertz CT molecular complexity index is 879. The quantitative estimate of drug-likeness (QED) is 0.737. The Morgan fingerprint density at radius 1 is 1.22 bits per heavy atom. The minimum absolute atomic E-state index is 0.0523. The van der Waals surface area contributed by atoms with Gasteiger partial charge in [-0.05, 0) is 56.5 Å². The molecule has 5 heteroatoms. The van der Waals surface area contributed by atoms with E-state index in [1.807, 2.05) is 32.9 Å². The highest BCUT2D eigenvalue weighted by Crippen LogP contribution is 2.27. The van der Waals surface area contributed by atoms with E-state index in [9.17, 15) is 9.18 Å². The van der Waals surface area contributed by atoms with Crippen LogP contribution in [0.15, 0.2) is 24.3 Å². The Morgan fingerprint density at radius 3 is 2.70 bits per heavy atom. The van der Waals surface area contributed by atoms with Crippen molar-refractivity contribution in [3.8, 4) is 0 Å². The molecule has 0 saturated heterocycles. The number of carbonyl (C=O) groups excluding carboxylic acids is 1. The average Bonchev–Trinajstić information content (AvgIpc) is 3.08. The van der Waals surface area contributed by atoms with Crippen molar-refractivity contribution < 1.29 is 9.18 Å². The minimum Gasteiger partial charge on any atom is -0.356 e. The summed E-state index contributed by atoms with van der Waals surface area (Å²) in [7, 11) is 0. The van der Waals surface area contributed by atoms with Gasteiger partial charge in [-0.3, -0.25) is 4.79 Å². The molecule has 0 saturated carbocycles. The number of H-pyrrole nitrogens is 1. The molecule has 0 bridgehead atoms. The molecular formula is C18H19FN2OS. The van der Waals surface area contributed by atoms with Gasteiger partial charge in [0.2, 0.25) is 0 Å². The molecule has 3 rings (SSSR count). The molecule has 0 spiro atoms. The van der Waals surface area contributed by atoms with Crippen LogP contribution in [0, 0.1) is 26.6 Å². The first-order valence-electron chi connectivity index (χ1n) is 7.58. The summed E-state index contributed by atoms with van der Waals surface area (Å²) in [5.74, 6) is -0.290. The van der Waals surface area contributed by atoms with Crippen LogP contribution in [-0.4, -0.2) is 17.4 Å². The lowest BCUT2D eigenvalue weighted by molar-refractivity contribution is 0.0958. The number of halogens is 1. The molecule has 3 aromatic rings. The summed E-state index contributed by atoms with van der Waals surface area (Å²) < 4.78 is 13.9. The smallest absolute Gasteiger partial charge is 0.261 e. The fourth-order valence-electron chi connectivity index (χ4n) is 2.90. The van der Waals surface area contributed by atoms with Crippen LogP contribution in [0.2, 0.25) is 0 Å². The molecule has 23 heavy (non-hydrogen) atoms. The summed E-state index contributed by atoms with van der Waals surface area (Å²) in [6.07, 6.45) is 0.673. The van der Waals surface area contributed by atoms with E-state index in [4.69, 9.17) is 0 Å². The number of nitrogens with one attached hydrogen (secondary N) is 2. The van der Waals surface area contributed by atoms with Crippen molar-refractivity contribution in [2.45, 2.75) is 27.2 Å². The zero-order valence-electron chi connectivity index (χ0n) is 13.4. The molecule has 120 valence electrons. The Morgan fingerprint density at radius 2 is 2.00 bits per heavy atom. The number of aromatic amines is 1. The average molecular weight is 330 g/mol. The van der Waals surface area contributed by atoms with E-state index in [0.717, 1.165) is 32.0 Å². The molecular weight excluding hydrogens is 311 g/mol. The van der Waals surface area contributed by atoms with Crippen LogP contribution in [0.25, 0.3) is 10.9 Å². The Labute approximate surface area is 138 Å². The van der Waals surface area contributed by atoms with Crippen LogP contribution >= 0.6 is 11.3 Å². The van der Waals surface area contributed by atoms with Crippen molar-refractivity contribution in [2.75, 3.05) is 6.54 Å². The molecule has 0 atom stereocenters. The zero-order valence-corrected chi connectivity index (χ0v) is 14.2. The van der Waals surface area contributed by atoms with Gasteiger partial charge < -0.3 is 10.3 Å². The molecule has 2 N–H and O–H groups in total. The summed E-state index contributed by atoms with van der Waals surface area (Å²) in [5.41, 5.74) is 3.62. The van der Waals surface area contributed by atoms with E-state index in [2.05, 4.69) is 10.3 Å². The first kappa shape index (κ1) is 15.7. The van der Waals surface area contributed by atoms with Gasteiger partial charge in [-0.2, -0.15) is 0 Å². The van der Waals surface area contributed by atoms with Crippen LogP contribution in [0.4, 0.5) is 4.39 Å². The maximum atomic E-state index is 13.9. The van der Waals surface area contributed by atoms with Gasteiger partial charge in [0.25, 0.3) is 5.91 Å². The Balaban J connectivity index is 1.76. The number of amides is 1. The molecule has 0 aliphatic heterocycles. The normalized spacial score (nSPS) is 11.1. The first-order valence-corrected chi connectivity index (χ1v) is 8.40. The Kier molecular flexibility index (Phi) is 4.22. The molecule has 0 fully saturated rings. The maximum Gasteiger partial charge on any atom is 0.261 e. The van der Waals surface area contributed by atoms with E-state index >= 15 is 0 Å². The van der Waals surface area contributed by atoms with Gasteiger partial charge in [-0.15, -0.1) is 11.3 Å². The van der Waals surface area contributed by atoms with Crippen LogP contribution in [-0.2, 0) is 6.42 Å². The molecule has 2 heterocycles. The first-order chi connectivity index (χ1) is 11.0. The van der Waals surface area contributed by atoms with Gasteiger partial charge in [0.1, 0.15) is 5.82 Å². The van der Waals surface area contributed by atoms with E-state index in [0.29, 0.717) is 18.5 Å². The molecule has 1 amide bonds. The van der Waals surface area contributed by atoms with Gasteiger partial charge in [0, 0.05) is 22.5 Å². The molecule has 1 aromatic carbocycles. The molecule has 0 aliphatic carbocycles. The fraction of sp³-hybridized carbons (Fsp3) is 0.278. The lowest BCUT2D eigenvalue weighted by atomic mass is 10.0. The second-order valence-electron chi connectivity index (χ2n) is 5.76. The van der Waals surface area contributed by atoms with Crippen LogP contribution in [0.5, 0.6) is 0 Å². The van der Waals surface area contributed by atoms with Gasteiger partial charge in [-0.25, -0.2) is 4.39 Å². The number of hydrogen-bond acceptors (Lipinski definition) is 2.